The van der Waals surface area contributed by atoms with Crippen molar-refractivity contribution in [3.8, 4) is 0 Å². The van der Waals surface area contributed by atoms with Crippen LogP contribution in [0.25, 0.3) is 0 Å². The molecule has 0 bridgehead atoms. The molecule has 3 amide bonds. The number of amides is 3. The maximum absolute atomic E-state index is 14.1. The maximum atomic E-state index is 14.1. The van der Waals surface area contributed by atoms with Gasteiger partial charge in [-0.15, -0.1) is 0 Å². The van der Waals surface area contributed by atoms with E-state index in [0.717, 1.165) is 30.6 Å². The second-order valence-corrected chi connectivity index (χ2v) is 14.9. The minimum atomic E-state index is -1.01. The summed E-state index contributed by atoms with van der Waals surface area (Å²) >= 11 is 0. The Bertz CT molecular complexity index is 1670. The molecule has 51 heavy (non-hydrogen) atoms. The fourth-order valence-electron chi connectivity index (χ4n) is 6.72. The molecule has 1 saturated carbocycles. The van der Waals surface area contributed by atoms with Gasteiger partial charge in [-0.2, -0.15) is 0 Å². The van der Waals surface area contributed by atoms with Crippen LogP contribution in [0.1, 0.15) is 67.4 Å². The van der Waals surface area contributed by atoms with Gasteiger partial charge in [-0.05, 0) is 55.1 Å². The van der Waals surface area contributed by atoms with E-state index in [4.69, 9.17) is 14.0 Å². The molecule has 2 aliphatic heterocycles. The Morgan fingerprint density at radius 3 is 2.14 bits per heavy atom. The zero-order valence-electron chi connectivity index (χ0n) is 29.7. The zero-order chi connectivity index (χ0) is 36.0. The van der Waals surface area contributed by atoms with Gasteiger partial charge in [-0.25, -0.2) is 0 Å². The molecule has 1 aromatic heterocycles. The van der Waals surface area contributed by atoms with E-state index in [9.17, 15) is 19.2 Å². The topological polar surface area (TPSA) is 155 Å². The van der Waals surface area contributed by atoms with E-state index in [0.29, 0.717) is 51.4 Å². The summed E-state index contributed by atoms with van der Waals surface area (Å²) in [6.45, 7) is 9.49. The van der Waals surface area contributed by atoms with E-state index in [-0.39, 0.29) is 29.2 Å². The second-order valence-electron chi connectivity index (χ2n) is 14.9. The van der Waals surface area contributed by atoms with E-state index >= 15 is 0 Å². The van der Waals surface area contributed by atoms with Gasteiger partial charge < -0.3 is 29.9 Å². The number of hydrogen-bond acceptors (Lipinski definition) is 9. The van der Waals surface area contributed by atoms with E-state index < -0.39 is 41.4 Å². The molecule has 0 radical (unpaired) electrons. The summed E-state index contributed by atoms with van der Waals surface area (Å²) in [6, 6.07) is 18.2. The molecule has 2 aromatic carbocycles. The van der Waals surface area contributed by atoms with Crippen LogP contribution in [0.2, 0.25) is 0 Å². The van der Waals surface area contributed by atoms with Gasteiger partial charge in [-0.1, -0.05) is 79.7 Å². The van der Waals surface area contributed by atoms with Gasteiger partial charge in [0.15, 0.2) is 17.2 Å². The number of morpholine rings is 1. The quantitative estimate of drug-likeness (QED) is 0.180. The van der Waals surface area contributed by atoms with Gasteiger partial charge in [0, 0.05) is 25.6 Å². The Morgan fingerprint density at radius 1 is 0.882 bits per heavy atom. The number of benzene rings is 2. The third kappa shape index (κ3) is 9.69. The standard InChI is InChI=1S/C39H49N5O7/c1-38(2)23-29(38)33(34(45)39(3)25-50-39)42-36(47)31(21-27-13-8-5-9-14-27)41-35(46)30(16-10-15-26-11-6-4-7-12-26)40-37(48)32-22-28(51-43-32)24-44-17-19-49-20-18-44/h4-9,11-14,22,29-31,33H,10,15-21,23-25H2,1-3H3,(H,40,48)(H,41,46)(H,42,47)/t29?,30-,31-,33-,39+/m0/s1. The van der Waals surface area contributed by atoms with E-state index in [2.05, 4.69) is 39.9 Å². The number of carbonyl (C=O) groups excluding carboxylic acids is 4. The predicted octanol–water partition coefficient (Wildman–Crippen LogP) is 3.24. The third-order valence-electron chi connectivity index (χ3n) is 10.3. The fraction of sp³-hybridized carbons (Fsp3) is 0.513. The van der Waals surface area contributed by atoms with Crippen molar-refractivity contribution in [2.75, 3.05) is 32.9 Å². The average Bonchev–Trinajstić information content (AvgIpc) is 3.97. The van der Waals surface area contributed by atoms with Gasteiger partial charge in [0.25, 0.3) is 5.91 Å². The molecule has 3 heterocycles. The molecule has 3 fully saturated rings. The highest BCUT2D eigenvalue weighted by Crippen LogP contribution is 2.54. The van der Waals surface area contributed by atoms with Crippen LogP contribution in [0.4, 0.5) is 0 Å². The Kier molecular flexibility index (Phi) is 11.3. The minimum Gasteiger partial charge on any atom is -0.379 e. The number of ketones is 1. The number of ether oxygens (including phenoxy) is 2. The number of hydrogen-bond donors (Lipinski definition) is 3. The third-order valence-corrected chi connectivity index (χ3v) is 10.3. The number of rotatable bonds is 17. The van der Waals surface area contributed by atoms with Gasteiger partial charge in [-0.3, -0.25) is 24.1 Å². The molecule has 272 valence electrons. The molecule has 1 aliphatic carbocycles. The molecule has 2 saturated heterocycles. The molecule has 3 aromatic rings. The lowest BCUT2D eigenvalue weighted by molar-refractivity contribution is -0.133. The first-order valence-corrected chi connectivity index (χ1v) is 17.9. The summed E-state index contributed by atoms with van der Waals surface area (Å²) < 4.78 is 16.4. The summed E-state index contributed by atoms with van der Waals surface area (Å²) in [6.07, 6.45) is 2.60. The lowest BCUT2D eigenvalue weighted by Crippen LogP contribution is -2.58. The zero-order valence-corrected chi connectivity index (χ0v) is 29.7. The first-order valence-electron chi connectivity index (χ1n) is 17.9. The predicted molar refractivity (Wildman–Crippen MR) is 188 cm³/mol. The Hall–Kier alpha value is -4.39. The van der Waals surface area contributed by atoms with Gasteiger partial charge in [0.1, 0.15) is 17.7 Å². The fourth-order valence-corrected chi connectivity index (χ4v) is 6.72. The van der Waals surface area contributed by atoms with Gasteiger partial charge in [0.2, 0.25) is 11.8 Å². The minimum absolute atomic E-state index is 0.0383. The SMILES string of the molecule is CC1(C)CC1[C@H](NC(=O)[C@H](Cc1ccccc1)NC(=O)[C@H](CCCc1ccccc1)NC(=O)c1cc(CN2CCOCC2)on1)C(=O)[C@@]1(C)CO1. The first-order chi connectivity index (χ1) is 24.5. The molecule has 1 unspecified atom stereocenters. The number of Topliss-reactive ketones (excluding diaryl/α,β-unsaturated/α-hetero) is 1. The number of aromatic nitrogens is 1. The van der Waals surface area contributed by atoms with Crippen LogP contribution in [0.3, 0.4) is 0 Å². The summed E-state index contributed by atoms with van der Waals surface area (Å²) in [7, 11) is 0. The Balaban J connectivity index is 1.18. The van der Waals surface area contributed by atoms with E-state index in [1.165, 1.54) is 0 Å². The van der Waals surface area contributed by atoms with Crippen molar-refractivity contribution in [2.45, 2.75) is 83.1 Å². The van der Waals surface area contributed by atoms with Crippen molar-refractivity contribution >= 4 is 23.5 Å². The summed E-state index contributed by atoms with van der Waals surface area (Å²) in [5.74, 6) is -1.16. The molecule has 3 aliphatic rings. The van der Waals surface area contributed by atoms with Crippen LogP contribution in [-0.4, -0.2) is 90.2 Å². The van der Waals surface area contributed by atoms with Crippen LogP contribution in [0.5, 0.6) is 0 Å². The van der Waals surface area contributed by atoms with Crippen LogP contribution in [0, 0.1) is 11.3 Å². The Morgan fingerprint density at radius 2 is 1.51 bits per heavy atom. The average molecular weight is 700 g/mol. The normalized spacial score (nSPS) is 22.6. The van der Waals surface area contributed by atoms with Crippen molar-refractivity contribution < 1.29 is 33.2 Å². The summed E-state index contributed by atoms with van der Waals surface area (Å²) in [5, 5.41) is 12.8. The molecule has 12 heteroatoms. The molecular formula is C39H49N5O7. The van der Waals surface area contributed by atoms with Crippen molar-refractivity contribution in [3.63, 3.8) is 0 Å². The smallest absolute Gasteiger partial charge is 0.274 e. The van der Waals surface area contributed by atoms with E-state index in [1.807, 2.05) is 60.7 Å². The molecular weight excluding hydrogens is 650 g/mol. The molecule has 0 spiro atoms. The molecule has 12 nitrogen and oxygen atoms in total. The highest BCUT2D eigenvalue weighted by Gasteiger charge is 2.59. The van der Waals surface area contributed by atoms with Gasteiger partial charge in [0.05, 0.1) is 32.4 Å². The van der Waals surface area contributed by atoms with Crippen molar-refractivity contribution in [1.29, 1.82) is 0 Å². The highest BCUT2D eigenvalue weighted by molar-refractivity contribution is 5.99. The van der Waals surface area contributed by atoms with Crippen LogP contribution >= 0.6 is 0 Å². The van der Waals surface area contributed by atoms with Crippen molar-refractivity contribution in [1.82, 2.24) is 26.0 Å². The number of carbonyl (C=O) groups is 4. The first kappa shape index (κ1) is 36.4. The number of nitrogens with zero attached hydrogens (tertiary/aromatic N) is 2. The molecule has 6 rings (SSSR count). The monoisotopic (exact) mass is 699 g/mol. The number of epoxide rings is 1. The number of nitrogens with one attached hydrogen (secondary N) is 3. The highest BCUT2D eigenvalue weighted by atomic mass is 16.6. The second kappa shape index (κ2) is 15.9. The van der Waals surface area contributed by atoms with Crippen LogP contribution < -0.4 is 16.0 Å². The summed E-state index contributed by atoms with van der Waals surface area (Å²) in [5.41, 5.74) is 1.01. The summed E-state index contributed by atoms with van der Waals surface area (Å²) in [4.78, 5) is 57.4. The van der Waals surface area contributed by atoms with Crippen molar-refractivity contribution in [2.24, 2.45) is 11.3 Å². The number of aryl methyl sites for hydroxylation is 1. The molecule has 3 N–H and O–H groups in total. The molecule has 5 atom stereocenters. The van der Waals surface area contributed by atoms with E-state index in [1.54, 1.807) is 13.0 Å². The largest absolute Gasteiger partial charge is 0.379 e. The lowest BCUT2D eigenvalue weighted by atomic mass is 9.92. The van der Waals surface area contributed by atoms with Crippen molar-refractivity contribution in [3.05, 3.63) is 89.3 Å². The lowest BCUT2D eigenvalue weighted by Gasteiger charge is -2.26. The van der Waals surface area contributed by atoms with Crippen LogP contribution in [0.15, 0.2) is 71.3 Å². The van der Waals surface area contributed by atoms with Gasteiger partial charge >= 0.3 is 0 Å². The Labute approximate surface area is 299 Å². The maximum Gasteiger partial charge on any atom is 0.274 e. The van der Waals surface area contributed by atoms with Crippen LogP contribution in [-0.2, 0) is 43.2 Å².